The summed E-state index contributed by atoms with van der Waals surface area (Å²) in [7, 11) is 0. The van der Waals surface area contributed by atoms with Gasteiger partial charge in [-0.2, -0.15) is 28.1 Å². The molecule has 3 aromatic rings. The third kappa shape index (κ3) is 12.5. The molecule has 15 nitrogen and oxygen atoms in total. The predicted molar refractivity (Wildman–Crippen MR) is 194 cm³/mol. The van der Waals surface area contributed by atoms with Crippen molar-refractivity contribution in [3.05, 3.63) is 53.6 Å². The molecule has 2 atom stereocenters. The smallest absolute Gasteiger partial charge is 0.422 e. The summed E-state index contributed by atoms with van der Waals surface area (Å²) in [5.41, 5.74) is 0.536. The summed E-state index contributed by atoms with van der Waals surface area (Å²) in [6, 6.07) is 10.5. The Balaban J connectivity index is 1.41. The number of nitrogens with zero attached hydrogens (tertiary/aromatic N) is 4. The topological polar surface area (TPSA) is 175 Å². The summed E-state index contributed by atoms with van der Waals surface area (Å²) in [5.74, 6) is -1.32. The fraction of sp³-hybridized carbons (Fsp3) is 0.514. The second-order valence-electron chi connectivity index (χ2n) is 13.9. The van der Waals surface area contributed by atoms with Gasteiger partial charge in [-0.1, -0.05) is 12.1 Å². The number of likely N-dealkylation sites (tertiary alicyclic amines) is 1. The second-order valence-corrected chi connectivity index (χ2v) is 13.9. The van der Waals surface area contributed by atoms with Crippen LogP contribution in [0, 0.1) is 5.92 Å². The van der Waals surface area contributed by atoms with Crippen LogP contribution in [0.1, 0.15) is 69.3 Å². The Morgan fingerprint density at radius 3 is 2.33 bits per heavy atom. The number of carbonyl (C=O) groups is 3. The van der Waals surface area contributed by atoms with E-state index in [1.165, 1.54) is 23.1 Å². The maximum atomic E-state index is 13.9. The average Bonchev–Trinajstić information content (AvgIpc) is 3.54. The number of amides is 2. The highest BCUT2D eigenvalue weighted by Crippen LogP contribution is 2.29. The number of halogens is 3. The van der Waals surface area contributed by atoms with Crippen molar-refractivity contribution in [3.8, 4) is 17.5 Å². The van der Waals surface area contributed by atoms with Crippen LogP contribution in [0.25, 0.3) is 0 Å². The van der Waals surface area contributed by atoms with E-state index >= 15 is 0 Å². The number of esters is 1. The first kappa shape index (κ1) is 40.6. The van der Waals surface area contributed by atoms with Crippen molar-refractivity contribution in [2.24, 2.45) is 5.92 Å². The Kier molecular flexibility index (Phi) is 13.4. The number of rotatable bonds is 6. The maximum absolute atomic E-state index is 13.9. The molecule has 0 unspecified atom stereocenters. The van der Waals surface area contributed by atoms with Gasteiger partial charge in [-0.3, -0.25) is 9.59 Å². The lowest BCUT2D eigenvalue weighted by Crippen LogP contribution is -2.44. The third-order valence-electron chi connectivity index (χ3n) is 8.28. The van der Waals surface area contributed by atoms with Crippen LogP contribution in [0.2, 0.25) is 0 Å². The largest absolute Gasteiger partial charge is 0.494 e. The van der Waals surface area contributed by atoms with Gasteiger partial charge in [0.05, 0.1) is 37.3 Å². The van der Waals surface area contributed by atoms with Crippen LogP contribution >= 0.6 is 0 Å². The molecule has 3 aliphatic heterocycles. The molecule has 6 bridgehead atoms. The van der Waals surface area contributed by atoms with E-state index in [9.17, 15) is 27.6 Å². The zero-order valence-electron chi connectivity index (χ0n) is 31.2. The fourth-order valence-electron chi connectivity index (χ4n) is 5.71. The predicted octanol–water partition coefficient (Wildman–Crippen LogP) is 6.03. The SMILES string of the molecule is CCOC(=O)[C@@H]1CN(C(=O)OC(C)(C)C)C[C@H]1NC(=O)c1ccc2cc1OCCCCCCOc1ccc(cc1)CNc1nc(nc(OCC(F)(F)F)n1)N2. The van der Waals surface area contributed by atoms with E-state index in [4.69, 9.17) is 23.7 Å². The average molecular weight is 774 g/mol. The molecule has 18 heteroatoms. The molecule has 1 fully saturated rings. The highest BCUT2D eigenvalue weighted by Gasteiger charge is 2.43. The first-order valence-corrected chi connectivity index (χ1v) is 18.1. The van der Waals surface area contributed by atoms with Crippen LogP contribution in [-0.2, 0) is 20.8 Å². The Morgan fingerprint density at radius 2 is 1.64 bits per heavy atom. The van der Waals surface area contributed by atoms with Gasteiger partial charge < -0.3 is 44.5 Å². The maximum Gasteiger partial charge on any atom is 0.422 e. The molecular formula is C37H46F3N7O8. The molecule has 0 spiro atoms. The lowest BCUT2D eigenvalue weighted by Gasteiger charge is -2.24. The number of ether oxygens (including phenoxy) is 5. The highest BCUT2D eigenvalue weighted by atomic mass is 19.4. The number of nitrogens with one attached hydrogen (secondary N) is 3. The monoisotopic (exact) mass is 773 g/mol. The Labute approximate surface area is 316 Å². The van der Waals surface area contributed by atoms with E-state index < -0.39 is 54.3 Å². The molecule has 298 valence electrons. The Hall–Kier alpha value is -5.55. The van der Waals surface area contributed by atoms with Gasteiger partial charge in [0, 0.05) is 31.4 Å². The molecular weight excluding hydrogens is 727 g/mol. The van der Waals surface area contributed by atoms with Crippen LogP contribution in [-0.4, -0.2) is 95.2 Å². The van der Waals surface area contributed by atoms with Crippen molar-refractivity contribution in [1.29, 1.82) is 0 Å². The van der Waals surface area contributed by atoms with Gasteiger partial charge in [0.25, 0.3) is 5.91 Å². The van der Waals surface area contributed by atoms with Crippen LogP contribution in [0.5, 0.6) is 17.5 Å². The van der Waals surface area contributed by atoms with Crippen molar-refractivity contribution < 1.29 is 51.2 Å². The van der Waals surface area contributed by atoms with Gasteiger partial charge in [-0.25, -0.2) is 4.79 Å². The van der Waals surface area contributed by atoms with Crippen molar-refractivity contribution in [3.63, 3.8) is 0 Å². The first-order chi connectivity index (χ1) is 26.2. The Bertz CT molecular complexity index is 1790. The quantitative estimate of drug-likeness (QED) is 0.248. The van der Waals surface area contributed by atoms with Gasteiger partial charge in [0.15, 0.2) is 6.61 Å². The van der Waals surface area contributed by atoms with Crippen molar-refractivity contribution in [2.75, 3.05) is 50.2 Å². The molecule has 2 amide bonds. The zero-order valence-corrected chi connectivity index (χ0v) is 31.2. The molecule has 3 aliphatic rings. The molecule has 3 N–H and O–H groups in total. The standard InChI is InChI=1S/C37H46F3N7O8/c1-5-51-31(49)27-20-47(35(50)55-36(2,3)4)21-28(27)43-30(48)26-15-12-24-18-29(26)53-17-9-7-6-8-16-52-25-13-10-23(11-14-25)19-41-32-44-33(42-24)46-34(45-32)54-22-37(38,39)40/h10-15,18,27-28H,5-9,16-17,19-22H2,1-4H3,(H,43,48)(H2,41,42,44,45,46)/t27-,28-/m1/s1. The first-order valence-electron chi connectivity index (χ1n) is 18.1. The summed E-state index contributed by atoms with van der Waals surface area (Å²) in [6.07, 6.45) is -2.08. The number of alkyl halides is 3. The number of carbonyl (C=O) groups excluding carboxylic acids is 3. The van der Waals surface area contributed by atoms with Crippen molar-refractivity contribution in [1.82, 2.24) is 25.2 Å². The van der Waals surface area contributed by atoms with E-state index in [1.807, 2.05) is 24.3 Å². The summed E-state index contributed by atoms with van der Waals surface area (Å²) in [4.78, 5) is 53.4. The number of benzene rings is 2. The van der Waals surface area contributed by atoms with Crippen LogP contribution in [0.15, 0.2) is 42.5 Å². The van der Waals surface area contributed by atoms with Crippen LogP contribution < -0.4 is 30.2 Å². The summed E-state index contributed by atoms with van der Waals surface area (Å²) >= 11 is 0. The molecule has 1 aromatic heterocycles. The molecule has 55 heavy (non-hydrogen) atoms. The molecule has 0 radical (unpaired) electrons. The molecule has 6 rings (SSSR count). The van der Waals surface area contributed by atoms with E-state index in [0.717, 1.165) is 24.8 Å². The lowest BCUT2D eigenvalue weighted by molar-refractivity contribution is -0.154. The molecule has 0 aliphatic carbocycles. The third-order valence-corrected chi connectivity index (χ3v) is 8.28. The molecule has 4 heterocycles. The number of aromatic nitrogens is 3. The minimum atomic E-state index is -4.63. The normalized spacial score (nSPS) is 18.0. The number of hydrogen-bond donors (Lipinski definition) is 3. The van der Waals surface area contributed by atoms with E-state index in [1.54, 1.807) is 27.7 Å². The van der Waals surface area contributed by atoms with E-state index in [2.05, 4.69) is 30.9 Å². The van der Waals surface area contributed by atoms with Gasteiger partial charge >= 0.3 is 24.2 Å². The van der Waals surface area contributed by atoms with Crippen molar-refractivity contribution in [2.45, 2.75) is 77.7 Å². The molecule has 2 aromatic carbocycles. The lowest BCUT2D eigenvalue weighted by atomic mass is 10.0. The number of fused-ring (bicyclic) bond motifs is 10. The van der Waals surface area contributed by atoms with Gasteiger partial charge in [-0.15, -0.1) is 0 Å². The Morgan fingerprint density at radius 1 is 0.927 bits per heavy atom. The summed E-state index contributed by atoms with van der Waals surface area (Å²) in [5, 5.41) is 8.82. The molecule has 0 saturated carbocycles. The fourth-order valence-corrected chi connectivity index (χ4v) is 5.71. The number of hydrogen-bond acceptors (Lipinski definition) is 13. The van der Waals surface area contributed by atoms with Crippen LogP contribution in [0.4, 0.5) is 35.5 Å². The minimum Gasteiger partial charge on any atom is -0.494 e. The van der Waals surface area contributed by atoms with E-state index in [-0.39, 0.29) is 56.1 Å². The van der Waals surface area contributed by atoms with Gasteiger partial charge in [0.1, 0.15) is 17.1 Å². The van der Waals surface area contributed by atoms with Gasteiger partial charge in [-0.05, 0) is 83.2 Å². The molecule has 1 saturated heterocycles. The van der Waals surface area contributed by atoms with Crippen molar-refractivity contribution >= 4 is 35.6 Å². The minimum absolute atomic E-state index is 0.00278. The van der Waals surface area contributed by atoms with Crippen LogP contribution in [0.3, 0.4) is 0 Å². The number of anilines is 3. The summed E-state index contributed by atoms with van der Waals surface area (Å²) < 4.78 is 66.7. The van der Waals surface area contributed by atoms with E-state index in [0.29, 0.717) is 24.5 Å². The summed E-state index contributed by atoms with van der Waals surface area (Å²) in [6.45, 7) is 6.34. The van der Waals surface area contributed by atoms with Gasteiger partial charge in [0.2, 0.25) is 11.9 Å². The second kappa shape index (κ2) is 18.2. The zero-order chi connectivity index (χ0) is 39.6. The highest BCUT2D eigenvalue weighted by molar-refractivity contribution is 5.98.